The Kier molecular flexibility index (Phi) is 3.85. The third kappa shape index (κ3) is 3.74. The number of nitrogens with zero attached hydrogens (tertiary/aromatic N) is 3. The molecule has 1 N–H and O–H groups in total. The van der Waals surface area contributed by atoms with Crippen molar-refractivity contribution in [1.82, 2.24) is 15.1 Å². The topological polar surface area (TPSA) is 114 Å². The smallest absolute Gasteiger partial charge is 0.304 e. The van der Waals surface area contributed by atoms with Gasteiger partial charge in [0.05, 0.1) is 24.5 Å². The van der Waals surface area contributed by atoms with Crippen LogP contribution in [-0.4, -0.2) is 58.7 Å². The highest BCUT2D eigenvalue weighted by atomic mass is 32.2. The van der Waals surface area contributed by atoms with Gasteiger partial charge < -0.3 is 9.52 Å². The van der Waals surface area contributed by atoms with Gasteiger partial charge in [-0.1, -0.05) is 0 Å². The fourth-order valence-corrected chi connectivity index (χ4v) is 3.69. The summed E-state index contributed by atoms with van der Waals surface area (Å²) in [6.07, 6.45) is -0.216. The molecule has 1 aliphatic heterocycles. The Labute approximate surface area is 110 Å². The molecular formula is C10H15N3O5S. The molecule has 1 aromatic rings. The highest BCUT2D eigenvalue weighted by Crippen LogP contribution is 2.17. The largest absolute Gasteiger partial charge is 0.481 e. The van der Waals surface area contributed by atoms with Crippen LogP contribution in [-0.2, 0) is 21.2 Å². The lowest BCUT2D eigenvalue weighted by atomic mass is 10.2. The highest BCUT2D eigenvalue weighted by molar-refractivity contribution is 7.91. The molecule has 1 unspecified atom stereocenters. The van der Waals surface area contributed by atoms with Gasteiger partial charge >= 0.3 is 5.97 Å². The molecule has 1 fully saturated rings. The monoisotopic (exact) mass is 289 g/mol. The van der Waals surface area contributed by atoms with Crippen molar-refractivity contribution >= 4 is 15.8 Å². The van der Waals surface area contributed by atoms with Gasteiger partial charge in [-0.25, -0.2) is 8.42 Å². The molecule has 1 atom stereocenters. The first-order valence-corrected chi connectivity index (χ1v) is 7.63. The second-order valence-corrected chi connectivity index (χ2v) is 6.78. The van der Waals surface area contributed by atoms with Gasteiger partial charge in [-0.15, -0.1) is 10.2 Å². The minimum absolute atomic E-state index is 0.0240. The van der Waals surface area contributed by atoms with Gasteiger partial charge in [0, 0.05) is 19.5 Å². The van der Waals surface area contributed by atoms with Gasteiger partial charge in [-0.3, -0.25) is 9.69 Å². The maximum Gasteiger partial charge on any atom is 0.304 e. The minimum atomic E-state index is -3.17. The molecule has 1 saturated heterocycles. The van der Waals surface area contributed by atoms with Crippen molar-refractivity contribution in [2.45, 2.75) is 25.9 Å². The Balaban J connectivity index is 2.10. The lowest BCUT2D eigenvalue weighted by molar-refractivity contribution is -0.138. The van der Waals surface area contributed by atoms with Crippen LogP contribution in [0.15, 0.2) is 4.42 Å². The molecule has 2 rings (SSSR count). The van der Waals surface area contributed by atoms with E-state index in [4.69, 9.17) is 9.52 Å². The SMILES string of the molecule is Cc1nnc(CN2CCS(=O)(=O)CC2CC(=O)O)o1. The lowest BCUT2D eigenvalue weighted by Gasteiger charge is -2.33. The van der Waals surface area contributed by atoms with Gasteiger partial charge in [-0.2, -0.15) is 0 Å². The van der Waals surface area contributed by atoms with E-state index in [1.165, 1.54) is 0 Å². The Morgan fingerprint density at radius 3 is 2.84 bits per heavy atom. The van der Waals surface area contributed by atoms with Crippen LogP contribution >= 0.6 is 0 Å². The van der Waals surface area contributed by atoms with Crippen LogP contribution in [0.3, 0.4) is 0 Å². The summed E-state index contributed by atoms with van der Waals surface area (Å²) in [5, 5.41) is 16.4. The summed E-state index contributed by atoms with van der Waals surface area (Å²) < 4.78 is 28.4. The zero-order chi connectivity index (χ0) is 14.0. The quantitative estimate of drug-likeness (QED) is 0.785. The molecule has 0 radical (unpaired) electrons. The Morgan fingerprint density at radius 1 is 1.53 bits per heavy atom. The molecule has 8 nitrogen and oxygen atoms in total. The van der Waals surface area contributed by atoms with Crippen LogP contribution in [0.1, 0.15) is 18.2 Å². The second-order valence-electron chi connectivity index (χ2n) is 4.55. The van der Waals surface area contributed by atoms with Crippen LogP contribution in [0.2, 0.25) is 0 Å². The van der Waals surface area contributed by atoms with Crippen molar-refractivity contribution in [3.8, 4) is 0 Å². The number of aliphatic carboxylic acids is 1. The van der Waals surface area contributed by atoms with Crippen molar-refractivity contribution in [1.29, 1.82) is 0 Å². The molecule has 0 spiro atoms. The number of hydrogen-bond donors (Lipinski definition) is 1. The highest BCUT2D eigenvalue weighted by Gasteiger charge is 2.33. The third-order valence-corrected chi connectivity index (χ3v) is 4.67. The summed E-state index contributed by atoms with van der Waals surface area (Å²) in [6.45, 7) is 2.21. The number of rotatable bonds is 4. The maximum absolute atomic E-state index is 11.6. The van der Waals surface area contributed by atoms with E-state index in [-0.39, 0.29) is 31.0 Å². The van der Waals surface area contributed by atoms with Crippen LogP contribution in [0.25, 0.3) is 0 Å². The number of sulfone groups is 1. The molecule has 0 saturated carbocycles. The number of carboxylic acids is 1. The molecule has 0 aromatic carbocycles. The normalized spacial score (nSPS) is 23.3. The molecular weight excluding hydrogens is 274 g/mol. The summed E-state index contributed by atoms with van der Waals surface area (Å²) in [5.41, 5.74) is 0. The summed E-state index contributed by atoms with van der Waals surface area (Å²) in [6, 6.07) is -0.552. The standard InChI is InChI=1S/C10H15N3O5S/c1-7-11-12-9(18-7)5-13-2-3-19(16,17)6-8(13)4-10(14)15/h8H,2-6H2,1H3,(H,14,15). The van der Waals surface area contributed by atoms with Crippen molar-refractivity contribution in [2.24, 2.45) is 0 Å². The second kappa shape index (κ2) is 5.25. The lowest BCUT2D eigenvalue weighted by Crippen LogP contribution is -2.48. The van der Waals surface area contributed by atoms with E-state index in [0.717, 1.165) is 0 Å². The molecule has 0 amide bonds. The van der Waals surface area contributed by atoms with Crippen molar-refractivity contribution in [3.63, 3.8) is 0 Å². The fourth-order valence-electron chi connectivity index (χ4n) is 2.09. The Hall–Kier alpha value is -1.48. The molecule has 9 heteroatoms. The number of hydrogen-bond acceptors (Lipinski definition) is 7. The molecule has 0 aliphatic carbocycles. The van der Waals surface area contributed by atoms with Gasteiger partial charge in [0.1, 0.15) is 0 Å². The van der Waals surface area contributed by atoms with Gasteiger partial charge in [-0.05, 0) is 0 Å². The van der Waals surface area contributed by atoms with E-state index in [9.17, 15) is 13.2 Å². The van der Waals surface area contributed by atoms with Crippen LogP contribution in [0.5, 0.6) is 0 Å². The fraction of sp³-hybridized carbons (Fsp3) is 0.700. The molecule has 106 valence electrons. The summed E-state index contributed by atoms with van der Waals surface area (Å²) in [7, 11) is -3.17. The van der Waals surface area contributed by atoms with Crippen molar-refractivity contribution < 1.29 is 22.7 Å². The summed E-state index contributed by atoms with van der Waals surface area (Å²) in [4.78, 5) is 12.6. The molecule has 1 aromatic heterocycles. The van der Waals surface area contributed by atoms with E-state index in [1.807, 2.05) is 0 Å². The van der Waals surface area contributed by atoms with E-state index in [0.29, 0.717) is 11.8 Å². The van der Waals surface area contributed by atoms with E-state index >= 15 is 0 Å². The average molecular weight is 289 g/mol. The van der Waals surface area contributed by atoms with Crippen LogP contribution in [0.4, 0.5) is 0 Å². The number of aromatic nitrogens is 2. The molecule has 19 heavy (non-hydrogen) atoms. The van der Waals surface area contributed by atoms with E-state index in [1.54, 1.807) is 11.8 Å². The van der Waals surface area contributed by atoms with Gasteiger partial charge in [0.25, 0.3) is 0 Å². The average Bonchev–Trinajstić information content (AvgIpc) is 2.67. The first kappa shape index (κ1) is 13.9. The van der Waals surface area contributed by atoms with Crippen molar-refractivity contribution in [3.05, 3.63) is 11.8 Å². The molecule has 0 bridgehead atoms. The number of carboxylic acid groups (broad SMARTS) is 1. The predicted octanol–water partition coefficient (Wildman–Crippen LogP) is -0.548. The van der Waals surface area contributed by atoms with Crippen LogP contribution < -0.4 is 0 Å². The minimum Gasteiger partial charge on any atom is -0.481 e. The van der Waals surface area contributed by atoms with Crippen LogP contribution in [0, 0.1) is 6.92 Å². The first-order valence-electron chi connectivity index (χ1n) is 5.81. The zero-order valence-electron chi connectivity index (χ0n) is 10.4. The predicted molar refractivity (Wildman–Crippen MR) is 64.1 cm³/mol. The maximum atomic E-state index is 11.6. The Morgan fingerprint density at radius 2 is 2.26 bits per heavy atom. The number of aryl methyl sites for hydroxylation is 1. The van der Waals surface area contributed by atoms with Gasteiger partial charge in [0.2, 0.25) is 11.8 Å². The van der Waals surface area contributed by atoms with Gasteiger partial charge in [0.15, 0.2) is 9.84 Å². The molecule has 2 heterocycles. The van der Waals surface area contributed by atoms with E-state index < -0.39 is 21.8 Å². The zero-order valence-corrected chi connectivity index (χ0v) is 11.3. The summed E-state index contributed by atoms with van der Waals surface area (Å²) >= 11 is 0. The number of carbonyl (C=O) groups is 1. The first-order chi connectivity index (χ1) is 8.85. The third-order valence-electron chi connectivity index (χ3n) is 2.97. The van der Waals surface area contributed by atoms with Crippen molar-refractivity contribution in [2.75, 3.05) is 18.1 Å². The summed E-state index contributed by atoms with van der Waals surface area (Å²) in [5.74, 6) is -0.349. The molecule has 1 aliphatic rings. The Bertz CT molecular complexity index is 567. The van der Waals surface area contributed by atoms with E-state index in [2.05, 4.69) is 10.2 Å².